The summed E-state index contributed by atoms with van der Waals surface area (Å²) in [5, 5.41) is 7.42. The average Bonchev–Trinajstić information content (AvgIpc) is 2.49. The van der Waals surface area contributed by atoms with Crippen LogP contribution in [0.1, 0.15) is 16.8 Å². The van der Waals surface area contributed by atoms with E-state index in [-0.39, 0.29) is 5.91 Å². The Hall–Kier alpha value is -2.27. The van der Waals surface area contributed by atoms with Crippen molar-refractivity contribution < 1.29 is 4.79 Å². The summed E-state index contributed by atoms with van der Waals surface area (Å²) in [5.74, 6) is -0.0884. The van der Waals surface area contributed by atoms with Gasteiger partial charge in [-0.1, -0.05) is 18.2 Å². The van der Waals surface area contributed by atoms with Crippen molar-refractivity contribution in [1.82, 2.24) is 10.2 Å². The fraction of sp³-hybridized carbons (Fsp3) is 0.214. The van der Waals surface area contributed by atoms with E-state index in [2.05, 4.69) is 10.2 Å². The van der Waals surface area contributed by atoms with Crippen molar-refractivity contribution in [1.29, 1.82) is 0 Å². The Morgan fingerprint density at radius 1 is 1.16 bits per heavy atom. The van der Waals surface area contributed by atoms with E-state index < -0.39 is 0 Å². The van der Waals surface area contributed by atoms with Crippen LogP contribution in [0.5, 0.6) is 0 Å². The van der Waals surface area contributed by atoms with Gasteiger partial charge in [-0.05, 0) is 31.2 Å². The molecule has 1 heterocycles. The number of carbonyl (C=O) groups is 1. The van der Waals surface area contributed by atoms with Gasteiger partial charge in [0.15, 0.2) is 0 Å². The molecule has 2 rings (SSSR count). The number of aromatic nitrogens is 2. The Bertz CT molecular complexity index is 515. The number of nitrogens with zero attached hydrogens (tertiary/aromatic N) is 3. The molecule has 1 amide bonds. The molecule has 0 unspecified atom stereocenters. The van der Waals surface area contributed by atoms with E-state index in [0.29, 0.717) is 18.7 Å². The summed E-state index contributed by atoms with van der Waals surface area (Å²) in [6.07, 6.45) is 3.74. The zero-order valence-corrected chi connectivity index (χ0v) is 10.6. The smallest absolute Gasteiger partial charge is 0.259 e. The predicted molar refractivity (Wildman–Crippen MR) is 73.8 cm³/mol. The van der Waals surface area contributed by atoms with Crippen LogP contribution >= 0.6 is 0 Å². The van der Waals surface area contributed by atoms with Gasteiger partial charge in [0.2, 0.25) is 0 Å². The van der Waals surface area contributed by atoms with Crippen molar-refractivity contribution in [3.63, 3.8) is 0 Å². The molecule has 2 aromatic rings. The number of hydrogen-bond acceptors (Lipinski definition) is 4. The number of anilines is 1. The van der Waals surface area contributed by atoms with Crippen LogP contribution < -0.4 is 10.6 Å². The molecule has 0 aliphatic rings. The summed E-state index contributed by atoms with van der Waals surface area (Å²) < 4.78 is 0. The molecule has 0 fully saturated rings. The summed E-state index contributed by atoms with van der Waals surface area (Å²) in [7, 11) is 0. The van der Waals surface area contributed by atoms with Crippen LogP contribution in [0.3, 0.4) is 0 Å². The number of rotatable bonds is 5. The van der Waals surface area contributed by atoms with Crippen LogP contribution in [0.2, 0.25) is 0 Å². The average molecular weight is 256 g/mol. The first-order valence-corrected chi connectivity index (χ1v) is 6.16. The lowest BCUT2D eigenvalue weighted by atomic mass is 10.2. The molecular weight excluding hydrogens is 240 g/mol. The number of para-hydroxylation sites is 1. The van der Waals surface area contributed by atoms with Crippen molar-refractivity contribution in [3.05, 3.63) is 54.4 Å². The van der Waals surface area contributed by atoms with Gasteiger partial charge >= 0.3 is 0 Å². The molecule has 0 saturated heterocycles. The summed E-state index contributed by atoms with van der Waals surface area (Å²) in [4.78, 5) is 14.2. The molecule has 5 nitrogen and oxygen atoms in total. The molecule has 0 bridgehead atoms. The molecule has 5 heteroatoms. The first kappa shape index (κ1) is 13.2. The number of nitrogens with two attached hydrogens (primary N) is 1. The van der Waals surface area contributed by atoms with Crippen LogP contribution in [0.4, 0.5) is 5.69 Å². The highest BCUT2D eigenvalue weighted by Crippen LogP contribution is 2.16. The highest BCUT2D eigenvalue weighted by atomic mass is 16.2. The summed E-state index contributed by atoms with van der Waals surface area (Å²) >= 11 is 0. The third-order valence-electron chi connectivity index (χ3n) is 2.73. The lowest BCUT2D eigenvalue weighted by Gasteiger charge is -2.22. The van der Waals surface area contributed by atoms with Gasteiger partial charge in [0.25, 0.3) is 5.91 Å². The molecule has 1 aromatic heterocycles. The Kier molecular flexibility index (Phi) is 4.58. The van der Waals surface area contributed by atoms with E-state index in [1.54, 1.807) is 11.0 Å². The topological polar surface area (TPSA) is 72.1 Å². The van der Waals surface area contributed by atoms with Gasteiger partial charge in [0.1, 0.15) is 0 Å². The molecule has 2 N–H and O–H groups in total. The maximum absolute atomic E-state index is 12.5. The second-order valence-electron chi connectivity index (χ2n) is 4.07. The van der Waals surface area contributed by atoms with Gasteiger partial charge in [-0.2, -0.15) is 10.2 Å². The van der Waals surface area contributed by atoms with Gasteiger partial charge in [-0.3, -0.25) is 4.79 Å². The molecule has 1 aromatic carbocycles. The molecule has 0 radical (unpaired) electrons. The lowest BCUT2D eigenvalue weighted by molar-refractivity contribution is 0.0986. The van der Waals surface area contributed by atoms with Gasteiger partial charge in [-0.25, -0.2) is 0 Å². The minimum Gasteiger partial charge on any atom is -0.330 e. The quantitative estimate of drug-likeness (QED) is 0.879. The van der Waals surface area contributed by atoms with Gasteiger partial charge in [-0.15, -0.1) is 0 Å². The van der Waals surface area contributed by atoms with Gasteiger partial charge in [0, 0.05) is 12.2 Å². The third-order valence-corrected chi connectivity index (χ3v) is 2.73. The van der Waals surface area contributed by atoms with E-state index in [1.807, 2.05) is 30.3 Å². The zero-order valence-electron chi connectivity index (χ0n) is 10.6. The largest absolute Gasteiger partial charge is 0.330 e. The summed E-state index contributed by atoms with van der Waals surface area (Å²) in [6, 6.07) is 11.2. The van der Waals surface area contributed by atoms with Crippen molar-refractivity contribution in [3.8, 4) is 0 Å². The summed E-state index contributed by atoms with van der Waals surface area (Å²) in [6.45, 7) is 1.13. The van der Waals surface area contributed by atoms with E-state index >= 15 is 0 Å². The second kappa shape index (κ2) is 6.61. The summed E-state index contributed by atoms with van der Waals surface area (Å²) in [5.41, 5.74) is 6.92. The molecule has 0 atom stereocenters. The van der Waals surface area contributed by atoms with Crippen LogP contribution in [0.15, 0.2) is 48.8 Å². The van der Waals surface area contributed by atoms with Crippen LogP contribution in [-0.4, -0.2) is 29.2 Å². The Labute approximate surface area is 112 Å². The predicted octanol–water partition coefficient (Wildman–Crippen LogP) is 1.47. The Morgan fingerprint density at radius 3 is 2.58 bits per heavy atom. The molecular formula is C14H16N4O. The highest BCUT2D eigenvalue weighted by Gasteiger charge is 2.17. The SMILES string of the molecule is NCCCN(C(=O)c1ccnnc1)c1ccccc1. The molecule has 0 aliphatic heterocycles. The number of amides is 1. The first-order valence-electron chi connectivity index (χ1n) is 6.16. The van der Waals surface area contributed by atoms with E-state index in [0.717, 1.165) is 12.1 Å². The van der Waals surface area contributed by atoms with Crippen LogP contribution in [0, 0.1) is 0 Å². The molecule has 0 aliphatic carbocycles. The Morgan fingerprint density at radius 2 is 1.95 bits per heavy atom. The molecule has 0 saturated carbocycles. The maximum Gasteiger partial charge on any atom is 0.259 e. The molecule has 98 valence electrons. The number of hydrogen-bond donors (Lipinski definition) is 1. The van der Waals surface area contributed by atoms with Crippen LogP contribution in [0.25, 0.3) is 0 Å². The van der Waals surface area contributed by atoms with Gasteiger partial charge < -0.3 is 10.6 Å². The van der Waals surface area contributed by atoms with Crippen molar-refractivity contribution in [2.75, 3.05) is 18.0 Å². The monoisotopic (exact) mass is 256 g/mol. The molecule has 19 heavy (non-hydrogen) atoms. The van der Waals surface area contributed by atoms with Crippen LogP contribution in [-0.2, 0) is 0 Å². The van der Waals surface area contributed by atoms with Gasteiger partial charge in [0.05, 0.1) is 18.0 Å². The lowest BCUT2D eigenvalue weighted by Crippen LogP contribution is -2.33. The normalized spacial score (nSPS) is 10.2. The van der Waals surface area contributed by atoms with Crippen molar-refractivity contribution in [2.24, 2.45) is 5.73 Å². The minimum absolute atomic E-state index is 0.0884. The van der Waals surface area contributed by atoms with Crippen molar-refractivity contribution >= 4 is 11.6 Å². The molecule has 0 spiro atoms. The maximum atomic E-state index is 12.5. The first-order chi connectivity index (χ1) is 9.33. The fourth-order valence-corrected chi connectivity index (χ4v) is 1.78. The standard InChI is InChI=1S/C14H16N4O/c15-8-4-10-18(13-5-2-1-3-6-13)14(19)12-7-9-16-17-11-12/h1-3,5-7,9,11H,4,8,10,15H2. The van der Waals surface area contributed by atoms with E-state index in [4.69, 9.17) is 5.73 Å². The number of benzene rings is 1. The van der Waals surface area contributed by atoms with E-state index in [1.165, 1.54) is 12.4 Å². The second-order valence-corrected chi connectivity index (χ2v) is 4.07. The number of carbonyl (C=O) groups excluding carboxylic acids is 1. The minimum atomic E-state index is -0.0884. The highest BCUT2D eigenvalue weighted by molar-refractivity contribution is 6.05. The Balaban J connectivity index is 2.25. The van der Waals surface area contributed by atoms with E-state index in [9.17, 15) is 4.79 Å². The fourth-order valence-electron chi connectivity index (χ4n) is 1.78. The third kappa shape index (κ3) is 3.35. The zero-order chi connectivity index (χ0) is 13.5. The van der Waals surface area contributed by atoms with Crippen molar-refractivity contribution in [2.45, 2.75) is 6.42 Å².